The van der Waals surface area contributed by atoms with Gasteiger partial charge in [-0.15, -0.1) is 6.58 Å². The standard InChI is InChI=1S/C9H16N2O4/c1-2-3-6(10)8(13)11-7(4-5-12)9(14)15/h2,6-7,12H,1,3-5,10H2,(H,11,13)(H,14,15)/t6?,7-/m1/s1. The molecule has 0 saturated heterocycles. The van der Waals surface area contributed by atoms with Crippen molar-refractivity contribution in [1.29, 1.82) is 0 Å². The number of carboxylic acids is 1. The molecule has 0 aliphatic rings. The minimum atomic E-state index is -1.19. The van der Waals surface area contributed by atoms with Crippen molar-refractivity contribution in [1.82, 2.24) is 5.32 Å². The second-order valence-corrected chi connectivity index (χ2v) is 3.04. The summed E-state index contributed by atoms with van der Waals surface area (Å²) >= 11 is 0. The minimum Gasteiger partial charge on any atom is -0.480 e. The van der Waals surface area contributed by atoms with Crippen molar-refractivity contribution in [2.75, 3.05) is 6.61 Å². The summed E-state index contributed by atoms with van der Waals surface area (Å²) < 4.78 is 0. The first-order chi connectivity index (χ1) is 7.02. The third kappa shape index (κ3) is 5.14. The van der Waals surface area contributed by atoms with Crippen molar-refractivity contribution in [3.8, 4) is 0 Å². The highest BCUT2D eigenvalue weighted by Crippen LogP contribution is 1.95. The molecular weight excluding hydrogens is 200 g/mol. The van der Waals surface area contributed by atoms with E-state index >= 15 is 0 Å². The van der Waals surface area contributed by atoms with E-state index < -0.39 is 24.0 Å². The number of nitrogens with two attached hydrogens (primary N) is 1. The predicted molar refractivity (Wildman–Crippen MR) is 54.1 cm³/mol. The average Bonchev–Trinajstić information content (AvgIpc) is 2.17. The van der Waals surface area contributed by atoms with E-state index in [1.807, 2.05) is 0 Å². The van der Waals surface area contributed by atoms with Crippen LogP contribution in [0.2, 0.25) is 0 Å². The summed E-state index contributed by atoms with van der Waals surface area (Å²) in [6, 6.07) is -1.90. The van der Waals surface area contributed by atoms with Crippen molar-refractivity contribution in [2.24, 2.45) is 5.73 Å². The Morgan fingerprint density at radius 2 is 2.13 bits per heavy atom. The number of carbonyl (C=O) groups excluding carboxylic acids is 1. The fraction of sp³-hybridized carbons (Fsp3) is 0.556. The van der Waals surface area contributed by atoms with Crippen molar-refractivity contribution in [3.63, 3.8) is 0 Å². The van der Waals surface area contributed by atoms with E-state index in [4.69, 9.17) is 15.9 Å². The van der Waals surface area contributed by atoms with Crippen LogP contribution < -0.4 is 11.1 Å². The third-order valence-corrected chi connectivity index (χ3v) is 1.79. The van der Waals surface area contributed by atoms with E-state index in [0.717, 1.165) is 0 Å². The van der Waals surface area contributed by atoms with Crippen LogP contribution in [-0.2, 0) is 9.59 Å². The molecule has 2 atom stereocenters. The summed E-state index contributed by atoms with van der Waals surface area (Å²) in [5, 5.41) is 19.5. The molecule has 15 heavy (non-hydrogen) atoms. The normalized spacial score (nSPS) is 14.0. The monoisotopic (exact) mass is 216 g/mol. The zero-order valence-corrected chi connectivity index (χ0v) is 8.35. The molecule has 0 bridgehead atoms. The molecule has 6 heteroatoms. The molecule has 5 N–H and O–H groups in total. The fourth-order valence-corrected chi connectivity index (χ4v) is 0.952. The largest absolute Gasteiger partial charge is 0.480 e. The number of carboxylic acid groups (broad SMARTS) is 1. The van der Waals surface area contributed by atoms with E-state index in [1.54, 1.807) is 0 Å². The number of aliphatic hydroxyl groups excluding tert-OH is 1. The lowest BCUT2D eigenvalue weighted by Crippen LogP contribution is -2.48. The maximum Gasteiger partial charge on any atom is 0.326 e. The lowest BCUT2D eigenvalue weighted by Gasteiger charge is -2.15. The smallest absolute Gasteiger partial charge is 0.326 e. The summed E-state index contributed by atoms with van der Waals surface area (Å²) in [7, 11) is 0. The van der Waals surface area contributed by atoms with Gasteiger partial charge in [0.2, 0.25) is 5.91 Å². The lowest BCUT2D eigenvalue weighted by atomic mass is 10.1. The van der Waals surface area contributed by atoms with Crippen molar-refractivity contribution >= 4 is 11.9 Å². The van der Waals surface area contributed by atoms with E-state index in [0.29, 0.717) is 0 Å². The maximum atomic E-state index is 11.3. The topological polar surface area (TPSA) is 113 Å². The van der Waals surface area contributed by atoms with Crippen LogP contribution in [0.4, 0.5) is 0 Å². The molecule has 0 aliphatic carbocycles. The second kappa shape index (κ2) is 6.97. The van der Waals surface area contributed by atoms with E-state index in [1.165, 1.54) is 6.08 Å². The van der Waals surface area contributed by atoms with E-state index in [2.05, 4.69) is 11.9 Å². The van der Waals surface area contributed by atoms with Gasteiger partial charge >= 0.3 is 5.97 Å². The van der Waals surface area contributed by atoms with Crippen LogP contribution in [0.1, 0.15) is 12.8 Å². The molecule has 86 valence electrons. The van der Waals surface area contributed by atoms with Gasteiger partial charge in [0.05, 0.1) is 6.04 Å². The van der Waals surface area contributed by atoms with Gasteiger partial charge in [-0.3, -0.25) is 4.79 Å². The van der Waals surface area contributed by atoms with Gasteiger partial charge in [0.1, 0.15) is 6.04 Å². The summed E-state index contributed by atoms with van der Waals surface area (Å²) in [6.07, 6.45) is 1.71. The number of hydrogen-bond donors (Lipinski definition) is 4. The van der Waals surface area contributed by atoms with Crippen molar-refractivity contribution in [2.45, 2.75) is 24.9 Å². The Kier molecular flexibility index (Phi) is 6.32. The summed E-state index contributed by atoms with van der Waals surface area (Å²) in [5.41, 5.74) is 5.43. The molecule has 0 heterocycles. The third-order valence-electron chi connectivity index (χ3n) is 1.79. The molecule has 0 aliphatic heterocycles. The van der Waals surface area contributed by atoms with Crippen LogP contribution >= 0.6 is 0 Å². The van der Waals surface area contributed by atoms with Crippen LogP contribution in [0.15, 0.2) is 12.7 Å². The molecule has 0 aromatic heterocycles. The number of aliphatic hydroxyl groups is 1. The van der Waals surface area contributed by atoms with Gasteiger partial charge in [-0.05, 0) is 6.42 Å². The Balaban J connectivity index is 4.21. The molecule has 0 radical (unpaired) electrons. The number of hydrogen-bond acceptors (Lipinski definition) is 4. The lowest BCUT2D eigenvalue weighted by molar-refractivity contribution is -0.142. The first-order valence-corrected chi connectivity index (χ1v) is 4.53. The Bertz CT molecular complexity index is 242. The van der Waals surface area contributed by atoms with Gasteiger partial charge in [-0.1, -0.05) is 6.08 Å². The highest BCUT2D eigenvalue weighted by Gasteiger charge is 2.21. The second-order valence-electron chi connectivity index (χ2n) is 3.04. The first kappa shape index (κ1) is 13.6. The van der Waals surface area contributed by atoms with Gasteiger partial charge < -0.3 is 21.3 Å². The zero-order chi connectivity index (χ0) is 11.8. The Morgan fingerprint density at radius 1 is 1.53 bits per heavy atom. The van der Waals surface area contributed by atoms with E-state index in [-0.39, 0.29) is 19.4 Å². The van der Waals surface area contributed by atoms with Crippen LogP contribution in [-0.4, -0.2) is 40.8 Å². The molecule has 0 fully saturated rings. The highest BCUT2D eigenvalue weighted by atomic mass is 16.4. The molecule has 1 amide bonds. The van der Waals surface area contributed by atoms with Gasteiger partial charge in [-0.2, -0.15) is 0 Å². The van der Waals surface area contributed by atoms with Crippen LogP contribution in [0.3, 0.4) is 0 Å². The minimum absolute atomic E-state index is 0.0398. The number of amides is 1. The molecule has 0 aromatic rings. The number of rotatable bonds is 7. The fourth-order valence-electron chi connectivity index (χ4n) is 0.952. The molecule has 0 aromatic carbocycles. The Labute approximate surface area is 87.8 Å². The van der Waals surface area contributed by atoms with Crippen LogP contribution in [0.25, 0.3) is 0 Å². The Morgan fingerprint density at radius 3 is 2.53 bits per heavy atom. The quantitative estimate of drug-likeness (QED) is 0.401. The van der Waals surface area contributed by atoms with Crippen molar-refractivity contribution < 1.29 is 19.8 Å². The first-order valence-electron chi connectivity index (χ1n) is 4.53. The molecule has 0 rings (SSSR count). The molecule has 0 spiro atoms. The van der Waals surface area contributed by atoms with Crippen LogP contribution in [0, 0.1) is 0 Å². The molecule has 1 unspecified atom stereocenters. The summed E-state index contributed by atoms with van der Waals surface area (Å²) in [6.45, 7) is 3.11. The Hall–Kier alpha value is -1.40. The van der Waals surface area contributed by atoms with Crippen LogP contribution in [0.5, 0.6) is 0 Å². The molecule has 0 saturated carbocycles. The number of aliphatic carboxylic acids is 1. The molecular formula is C9H16N2O4. The van der Waals surface area contributed by atoms with Gasteiger partial charge in [0.15, 0.2) is 0 Å². The van der Waals surface area contributed by atoms with Crippen molar-refractivity contribution in [3.05, 3.63) is 12.7 Å². The zero-order valence-electron chi connectivity index (χ0n) is 8.35. The van der Waals surface area contributed by atoms with Gasteiger partial charge in [0, 0.05) is 13.0 Å². The number of carbonyl (C=O) groups is 2. The maximum absolute atomic E-state index is 11.3. The molecule has 6 nitrogen and oxygen atoms in total. The van der Waals surface area contributed by atoms with Gasteiger partial charge in [-0.25, -0.2) is 4.79 Å². The number of nitrogens with one attached hydrogen (secondary N) is 1. The summed E-state index contributed by atoms with van der Waals surface area (Å²) in [4.78, 5) is 21.9. The SMILES string of the molecule is C=CCC(N)C(=O)N[C@H](CCO)C(=O)O. The highest BCUT2D eigenvalue weighted by molar-refractivity contribution is 5.86. The summed E-state index contributed by atoms with van der Waals surface area (Å²) in [5.74, 6) is -1.75. The average molecular weight is 216 g/mol. The van der Waals surface area contributed by atoms with Gasteiger partial charge in [0.25, 0.3) is 0 Å². The van der Waals surface area contributed by atoms with E-state index in [9.17, 15) is 9.59 Å². The predicted octanol–water partition coefficient (Wildman–Crippen LogP) is -1.16.